The number of pyridine rings is 2. The van der Waals surface area contributed by atoms with Crippen molar-refractivity contribution in [2.24, 2.45) is 0 Å². The fourth-order valence-electron chi connectivity index (χ4n) is 4.43. The fourth-order valence-corrected chi connectivity index (χ4v) is 4.76. The molecule has 8 heteroatoms. The van der Waals surface area contributed by atoms with Crippen molar-refractivity contribution in [3.05, 3.63) is 105 Å². The molecule has 7 nitrogen and oxygen atoms in total. The van der Waals surface area contributed by atoms with Crippen LogP contribution in [0.1, 0.15) is 26.3 Å². The van der Waals surface area contributed by atoms with Gasteiger partial charge in [0.05, 0.1) is 21.8 Å². The van der Waals surface area contributed by atoms with E-state index in [4.69, 9.17) is 11.6 Å². The van der Waals surface area contributed by atoms with Crippen molar-refractivity contribution in [3.63, 3.8) is 0 Å². The van der Waals surface area contributed by atoms with E-state index < -0.39 is 5.56 Å². The van der Waals surface area contributed by atoms with Gasteiger partial charge < -0.3 is 5.32 Å². The number of fused-ring (bicyclic) bond motifs is 1. The molecule has 182 valence electrons. The molecule has 0 aliphatic carbocycles. The van der Waals surface area contributed by atoms with E-state index >= 15 is 0 Å². The van der Waals surface area contributed by atoms with Gasteiger partial charge in [0.15, 0.2) is 12.6 Å². The number of rotatable bonds is 6. The van der Waals surface area contributed by atoms with Gasteiger partial charge in [-0.2, -0.15) is 0 Å². The monoisotopic (exact) mass is 508 g/mol. The Morgan fingerprint density at radius 1 is 0.892 bits per heavy atom. The van der Waals surface area contributed by atoms with E-state index in [1.54, 1.807) is 25.4 Å². The molecular weight excluding hydrogens is 488 g/mol. The molecule has 5 rings (SSSR count). The summed E-state index contributed by atoms with van der Waals surface area (Å²) in [6, 6.07) is 18.9. The molecule has 0 spiro atoms. The summed E-state index contributed by atoms with van der Waals surface area (Å²) in [5.41, 5.74) is 6.54. The van der Waals surface area contributed by atoms with Crippen molar-refractivity contribution in [3.8, 4) is 33.5 Å². The van der Waals surface area contributed by atoms with Crippen molar-refractivity contribution in [2.75, 3.05) is 12.4 Å². The van der Waals surface area contributed by atoms with E-state index in [1.807, 2.05) is 55.5 Å². The summed E-state index contributed by atoms with van der Waals surface area (Å²) in [5.74, 6) is 0.483. The maximum atomic E-state index is 12.4. The number of anilines is 1. The SMILES string of the molecule is CNc1nc(-c2cccc(-c3cccc(-c4ccn5c(=O)c(C=O)cnc5c4)c3C)c2Cl)ccc1C=O. The lowest BCUT2D eigenvalue weighted by Gasteiger charge is -2.16. The Kier molecular flexibility index (Phi) is 6.38. The molecule has 0 atom stereocenters. The molecule has 0 fully saturated rings. The Morgan fingerprint density at radius 3 is 2.32 bits per heavy atom. The Labute approximate surface area is 217 Å². The average Bonchev–Trinajstić information content (AvgIpc) is 2.93. The summed E-state index contributed by atoms with van der Waals surface area (Å²) in [5, 5.41) is 3.50. The van der Waals surface area contributed by atoms with E-state index in [9.17, 15) is 14.4 Å². The number of hydrogen-bond acceptors (Lipinski definition) is 6. The molecule has 1 N–H and O–H groups in total. The number of nitrogens with zero attached hydrogens (tertiary/aromatic N) is 3. The van der Waals surface area contributed by atoms with Crippen molar-refractivity contribution >= 4 is 35.6 Å². The topological polar surface area (TPSA) is 93.4 Å². The fraction of sp³-hybridized carbons (Fsp3) is 0.0690. The summed E-state index contributed by atoms with van der Waals surface area (Å²) in [7, 11) is 1.71. The molecule has 5 aromatic rings. The van der Waals surface area contributed by atoms with Crippen LogP contribution in [-0.4, -0.2) is 34.0 Å². The van der Waals surface area contributed by atoms with E-state index in [2.05, 4.69) is 15.3 Å². The predicted octanol–water partition coefficient (Wildman–Crippen LogP) is 5.72. The number of aldehydes is 2. The van der Waals surface area contributed by atoms with E-state index in [1.165, 1.54) is 10.6 Å². The highest BCUT2D eigenvalue weighted by atomic mass is 35.5. The largest absolute Gasteiger partial charge is 0.373 e. The zero-order chi connectivity index (χ0) is 26.1. The molecular formula is C29H21ClN4O3. The number of aromatic nitrogens is 3. The van der Waals surface area contributed by atoms with Crippen molar-refractivity contribution < 1.29 is 9.59 Å². The first-order valence-corrected chi connectivity index (χ1v) is 11.8. The number of hydrogen-bond donors (Lipinski definition) is 1. The van der Waals surface area contributed by atoms with E-state index in [0.29, 0.717) is 34.0 Å². The van der Waals surface area contributed by atoms with Gasteiger partial charge in [-0.3, -0.25) is 18.8 Å². The maximum Gasteiger partial charge on any atom is 0.268 e. The minimum atomic E-state index is -0.406. The number of nitrogens with one attached hydrogen (secondary N) is 1. The van der Waals surface area contributed by atoms with Crippen molar-refractivity contribution in [2.45, 2.75) is 6.92 Å². The van der Waals surface area contributed by atoms with Gasteiger partial charge in [0.1, 0.15) is 11.5 Å². The second-order valence-corrected chi connectivity index (χ2v) is 8.81. The third-order valence-corrected chi connectivity index (χ3v) is 6.77. The third kappa shape index (κ3) is 4.19. The van der Waals surface area contributed by atoms with Crippen LogP contribution in [0.4, 0.5) is 5.82 Å². The summed E-state index contributed by atoms with van der Waals surface area (Å²) in [6.07, 6.45) is 4.18. The molecule has 2 aromatic carbocycles. The highest BCUT2D eigenvalue weighted by molar-refractivity contribution is 6.36. The van der Waals surface area contributed by atoms with Crippen LogP contribution in [-0.2, 0) is 0 Å². The average molecular weight is 509 g/mol. The molecule has 0 saturated heterocycles. The smallest absolute Gasteiger partial charge is 0.268 e. The first-order valence-electron chi connectivity index (χ1n) is 11.5. The Balaban J connectivity index is 1.62. The lowest BCUT2D eigenvalue weighted by molar-refractivity contribution is 0.111. The first-order chi connectivity index (χ1) is 18.0. The van der Waals surface area contributed by atoms with Gasteiger partial charge in [-0.15, -0.1) is 0 Å². The molecule has 0 radical (unpaired) electrons. The molecule has 0 aliphatic rings. The number of benzene rings is 2. The minimum absolute atomic E-state index is 0.00933. The zero-order valence-electron chi connectivity index (χ0n) is 20.0. The molecule has 0 saturated carbocycles. The Morgan fingerprint density at radius 2 is 1.59 bits per heavy atom. The molecule has 0 bridgehead atoms. The Hall–Kier alpha value is -4.62. The molecule has 0 amide bonds. The maximum absolute atomic E-state index is 12.4. The normalized spacial score (nSPS) is 10.9. The quantitative estimate of drug-likeness (QED) is 0.295. The highest BCUT2D eigenvalue weighted by Gasteiger charge is 2.16. The van der Waals surface area contributed by atoms with E-state index in [0.717, 1.165) is 39.7 Å². The minimum Gasteiger partial charge on any atom is -0.373 e. The van der Waals surface area contributed by atoms with Crippen LogP contribution in [0.5, 0.6) is 0 Å². The number of carbonyl (C=O) groups is 2. The van der Waals surface area contributed by atoms with Crippen LogP contribution >= 0.6 is 11.6 Å². The summed E-state index contributed by atoms with van der Waals surface area (Å²) in [4.78, 5) is 43.7. The highest BCUT2D eigenvalue weighted by Crippen LogP contribution is 2.39. The Bertz CT molecular complexity index is 1760. The van der Waals surface area contributed by atoms with Crippen molar-refractivity contribution in [1.29, 1.82) is 0 Å². The zero-order valence-corrected chi connectivity index (χ0v) is 20.8. The molecule has 0 unspecified atom stereocenters. The molecule has 37 heavy (non-hydrogen) atoms. The first kappa shape index (κ1) is 24.1. The molecule has 0 aliphatic heterocycles. The summed E-state index contributed by atoms with van der Waals surface area (Å²) < 4.78 is 1.36. The summed E-state index contributed by atoms with van der Waals surface area (Å²) in [6.45, 7) is 2.02. The summed E-state index contributed by atoms with van der Waals surface area (Å²) >= 11 is 6.93. The third-order valence-electron chi connectivity index (χ3n) is 6.36. The second kappa shape index (κ2) is 9.79. The standard InChI is InChI=1S/C29H21ClN4O3/c1-17-21(18-11-12-34-26(13-18)32-14-20(16-36)29(34)37)5-3-6-22(17)23-7-4-8-24(27(23)30)25-10-9-19(15-35)28(31-2)33-25/h3-16H,1-2H3,(H,31,33). The van der Waals surface area contributed by atoms with Gasteiger partial charge >= 0.3 is 0 Å². The van der Waals surface area contributed by atoms with Crippen LogP contribution in [0.15, 0.2) is 77.9 Å². The number of carbonyl (C=O) groups excluding carboxylic acids is 2. The lowest BCUT2D eigenvalue weighted by Crippen LogP contribution is -2.18. The van der Waals surface area contributed by atoms with Crippen LogP contribution in [0, 0.1) is 6.92 Å². The van der Waals surface area contributed by atoms with Crippen LogP contribution in [0.2, 0.25) is 5.02 Å². The van der Waals surface area contributed by atoms with Gasteiger partial charge in [0.2, 0.25) is 0 Å². The number of halogens is 1. The molecule has 3 heterocycles. The van der Waals surface area contributed by atoms with Crippen LogP contribution < -0.4 is 10.9 Å². The van der Waals surface area contributed by atoms with Gasteiger partial charge in [-0.1, -0.05) is 48.0 Å². The van der Waals surface area contributed by atoms with Gasteiger partial charge in [0.25, 0.3) is 5.56 Å². The van der Waals surface area contributed by atoms with Crippen LogP contribution in [0.3, 0.4) is 0 Å². The van der Waals surface area contributed by atoms with Crippen LogP contribution in [0.25, 0.3) is 39.2 Å². The van der Waals surface area contributed by atoms with Gasteiger partial charge in [-0.25, -0.2) is 9.97 Å². The second-order valence-electron chi connectivity index (χ2n) is 8.43. The molecule has 3 aromatic heterocycles. The van der Waals surface area contributed by atoms with Crippen molar-refractivity contribution in [1.82, 2.24) is 14.4 Å². The van der Waals surface area contributed by atoms with Gasteiger partial charge in [-0.05, 0) is 53.4 Å². The lowest BCUT2D eigenvalue weighted by atomic mass is 9.92. The predicted molar refractivity (Wildman–Crippen MR) is 146 cm³/mol. The van der Waals surface area contributed by atoms with E-state index in [-0.39, 0.29) is 5.56 Å². The van der Waals surface area contributed by atoms with Gasteiger partial charge in [0, 0.05) is 30.6 Å².